The van der Waals surface area contributed by atoms with Crippen LogP contribution in [0.5, 0.6) is 0 Å². The fourth-order valence-electron chi connectivity index (χ4n) is 4.40. The molecule has 0 bridgehead atoms. The van der Waals surface area contributed by atoms with Crippen molar-refractivity contribution in [2.75, 3.05) is 44.2 Å². The van der Waals surface area contributed by atoms with Gasteiger partial charge in [0, 0.05) is 56.8 Å². The number of rotatable bonds is 5. The predicted octanol–water partition coefficient (Wildman–Crippen LogP) is 3.43. The number of likely N-dealkylation sites (tertiary alicyclic amines) is 1. The number of piperazine rings is 1. The van der Waals surface area contributed by atoms with Crippen LogP contribution in [0, 0.1) is 12.8 Å². The molecule has 0 aromatic carbocycles. The molecule has 4 rings (SSSR count). The molecule has 2 aliphatic rings. The third-order valence-electron chi connectivity index (χ3n) is 6.13. The van der Waals surface area contributed by atoms with E-state index in [1.54, 1.807) is 11.3 Å². The Morgan fingerprint density at radius 3 is 2.60 bits per heavy atom. The van der Waals surface area contributed by atoms with Crippen LogP contribution in [-0.2, 0) is 4.79 Å². The quantitative estimate of drug-likeness (QED) is 0.735. The monoisotopic (exact) mass is 426 g/mol. The molecule has 2 aliphatic heterocycles. The number of hydrogen-bond donors (Lipinski definition) is 0. The first-order valence-corrected chi connectivity index (χ1v) is 11.7. The summed E-state index contributed by atoms with van der Waals surface area (Å²) < 4.78 is 0. The van der Waals surface area contributed by atoms with Gasteiger partial charge < -0.3 is 14.7 Å². The lowest BCUT2D eigenvalue weighted by Gasteiger charge is -2.36. The molecule has 2 amide bonds. The minimum absolute atomic E-state index is 0.148. The smallest absolute Gasteiger partial charge is 0.263 e. The second-order valence-corrected chi connectivity index (χ2v) is 9.55. The van der Waals surface area contributed by atoms with E-state index in [1.807, 2.05) is 53.3 Å². The van der Waals surface area contributed by atoms with Crippen LogP contribution in [-0.4, -0.2) is 65.9 Å². The van der Waals surface area contributed by atoms with Crippen molar-refractivity contribution in [2.45, 2.75) is 32.6 Å². The molecule has 160 valence electrons. The van der Waals surface area contributed by atoms with Gasteiger partial charge in [-0.25, -0.2) is 4.98 Å². The fraction of sp³-hybridized carbons (Fsp3) is 0.522. The SMILES string of the molecule is Cc1ccc(C(=O)N2CCC[C@H](CCC(=O)N3CCN(c4ccccn4)CC3)C2)s1. The second-order valence-electron chi connectivity index (χ2n) is 8.26. The molecule has 0 radical (unpaired) electrons. The van der Waals surface area contributed by atoms with Gasteiger partial charge in [0.2, 0.25) is 5.91 Å². The van der Waals surface area contributed by atoms with Crippen molar-refractivity contribution >= 4 is 29.0 Å². The first kappa shape index (κ1) is 20.8. The van der Waals surface area contributed by atoms with Gasteiger partial charge in [0.25, 0.3) is 5.91 Å². The van der Waals surface area contributed by atoms with E-state index in [4.69, 9.17) is 0 Å². The Hall–Kier alpha value is -2.41. The zero-order valence-corrected chi connectivity index (χ0v) is 18.4. The van der Waals surface area contributed by atoms with E-state index in [2.05, 4.69) is 9.88 Å². The van der Waals surface area contributed by atoms with Crippen molar-refractivity contribution in [2.24, 2.45) is 5.92 Å². The Labute approximate surface area is 182 Å². The summed E-state index contributed by atoms with van der Waals surface area (Å²) in [5.41, 5.74) is 0. The zero-order valence-electron chi connectivity index (χ0n) is 17.6. The summed E-state index contributed by atoms with van der Waals surface area (Å²) in [4.78, 5) is 38.1. The number of carbonyl (C=O) groups is 2. The van der Waals surface area contributed by atoms with E-state index >= 15 is 0 Å². The molecule has 1 atom stereocenters. The number of carbonyl (C=O) groups excluding carboxylic acids is 2. The lowest BCUT2D eigenvalue weighted by molar-refractivity contribution is -0.131. The van der Waals surface area contributed by atoms with Crippen molar-refractivity contribution in [3.63, 3.8) is 0 Å². The van der Waals surface area contributed by atoms with E-state index in [9.17, 15) is 9.59 Å². The summed E-state index contributed by atoms with van der Waals surface area (Å²) in [7, 11) is 0. The van der Waals surface area contributed by atoms with E-state index in [1.165, 1.54) is 4.88 Å². The lowest BCUT2D eigenvalue weighted by Crippen LogP contribution is -2.49. The lowest BCUT2D eigenvalue weighted by atomic mass is 9.93. The van der Waals surface area contributed by atoms with Gasteiger partial charge >= 0.3 is 0 Å². The van der Waals surface area contributed by atoms with Crippen LogP contribution < -0.4 is 4.90 Å². The number of nitrogens with zero attached hydrogens (tertiary/aromatic N) is 4. The van der Waals surface area contributed by atoms with Gasteiger partial charge in [-0.05, 0) is 56.4 Å². The number of anilines is 1. The predicted molar refractivity (Wildman–Crippen MR) is 120 cm³/mol. The molecule has 2 fully saturated rings. The van der Waals surface area contributed by atoms with Crippen molar-refractivity contribution in [1.82, 2.24) is 14.8 Å². The van der Waals surface area contributed by atoms with Crippen LogP contribution in [0.15, 0.2) is 36.5 Å². The topological polar surface area (TPSA) is 56.8 Å². The Bertz CT molecular complexity index is 861. The van der Waals surface area contributed by atoms with Crippen LogP contribution in [0.25, 0.3) is 0 Å². The maximum absolute atomic E-state index is 12.7. The Kier molecular flexibility index (Phi) is 6.67. The van der Waals surface area contributed by atoms with Crippen LogP contribution in [0.4, 0.5) is 5.82 Å². The number of amides is 2. The summed E-state index contributed by atoms with van der Waals surface area (Å²) in [5.74, 6) is 1.79. The van der Waals surface area contributed by atoms with Crippen molar-refractivity contribution in [3.8, 4) is 0 Å². The van der Waals surface area contributed by atoms with E-state index in [0.717, 1.165) is 69.2 Å². The third-order valence-corrected chi connectivity index (χ3v) is 7.12. The molecular formula is C23H30N4O2S. The number of pyridine rings is 1. The van der Waals surface area contributed by atoms with E-state index in [0.29, 0.717) is 12.3 Å². The maximum Gasteiger partial charge on any atom is 0.263 e. The molecule has 0 saturated carbocycles. The Balaban J connectivity index is 1.22. The largest absolute Gasteiger partial charge is 0.353 e. The second kappa shape index (κ2) is 9.60. The molecule has 6 nitrogen and oxygen atoms in total. The average Bonchev–Trinajstić information content (AvgIpc) is 3.24. The highest BCUT2D eigenvalue weighted by molar-refractivity contribution is 7.13. The zero-order chi connectivity index (χ0) is 20.9. The van der Waals surface area contributed by atoms with Crippen LogP contribution in [0.1, 0.15) is 40.2 Å². The standard InChI is InChI=1S/C23H30N4O2S/c1-18-7-9-20(30-18)23(29)27-12-4-5-19(17-27)8-10-22(28)26-15-13-25(14-16-26)21-6-2-3-11-24-21/h2-3,6-7,9,11,19H,4-5,8,10,12-17H2,1H3/t19-/m1/s1. The van der Waals surface area contributed by atoms with Gasteiger partial charge in [-0.2, -0.15) is 0 Å². The highest BCUT2D eigenvalue weighted by Crippen LogP contribution is 2.25. The molecule has 7 heteroatoms. The summed E-state index contributed by atoms with van der Waals surface area (Å²) in [5, 5.41) is 0. The van der Waals surface area contributed by atoms with Crippen LogP contribution in [0.2, 0.25) is 0 Å². The molecule has 2 saturated heterocycles. The average molecular weight is 427 g/mol. The summed E-state index contributed by atoms with van der Waals surface area (Å²) >= 11 is 1.57. The molecular weight excluding hydrogens is 396 g/mol. The van der Waals surface area contributed by atoms with E-state index < -0.39 is 0 Å². The molecule has 2 aromatic heterocycles. The van der Waals surface area contributed by atoms with Crippen LogP contribution in [0.3, 0.4) is 0 Å². The minimum Gasteiger partial charge on any atom is -0.353 e. The first-order chi connectivity index (χ1) is 14.6. The molecule has 4 heterocycles. The number of thiophene rings is 1. The van der Waals surface area contributed by atoms with Crippen molar-refractivity contribution < 1.29 is 9.59 Å². The van der Waals surface area contributed by atoms with Crippen molar-refractivity contribution in [1.29, 1.82) is 0 Å². The molecule has 0 aliphatic carbocycles. The van der Waals surface area contributed by atoms with E-state index in [-0.39, 0.29) is 11.8 Å². The third kappa shape index (κ3) is 5.01. The number of piperidine rings is 1. The summed E-state index contributed by atoms with van der Waals surface area (Å²) in [6, 6.07) is 9.87. The van der Waals surface area contributed by atoms with Crippen molar-refractivity contribution in [3.05, 3.63) is 46.3 Å². The van der Waals surface area contributed by atoms with Crippen LogP contribution >= 0.6 is 11.3 Å². The van der Waals surface area contributed by atoms with Gasteiger partial charge in [0.15, 0.2) is 0 Å². The highest BCUT2D eigenvalue weighted by atomic mass is 32.1. The van der Waals surface area contributed by atoms with Gasteiger partial charge in [0.1, 0.15) is 5.82 Å². The molecule has 0 N–H and O–H groups in total. The normalized spacial score (nSPS) is 19.8. The molecule has 30 heavy (non-hydrogen) atoms. The van der Waals surface area contributed by atoms with Gasteiger partial charge in [0.05, 0.1) is 4.88 Å². The Morgan fingerprint density at radius 1 is 1.07 bits per heavy atom. The summed E-state index contributed by atoms with van der Waals surface area (Å²) in [6.07, 6.45) is 5.39. The number of hydrogen-bond acceptors (Lipinski definition) is 5. The van der Waals surface area contributed by atoms with Gasteiger partial charge in [-0.3, -0.25) is 9.59 Å². The van der Waals surface area contributed by atoms with Gasteiger partial charge in [-0.15, -0.1) is 11.3 Å². The summed E-state index contributed by atoms with van der Waals surface area (Å²) in [6.45, 7) is 6.79. The number of aryl methyl sites for hydroxylation is 1. The minimum atomic E-state index is 0.148. The molecule has 2 aromatic rings. The molecule has 0 unspecified atom stereocenters. The highest BCUT2D eigenvalue weighted by Gasteiger charge is 2.27. The fourth-order valence-corrected chi connectivity index (χ4v) is 5.24. The maximum atomic E-state index is 12.7. The molecule has 0 spiro atoms. The number of aromatic nitrogens is 1. The first-order valence-electron chi connectivity index (χ1n) is 10.9. The van der Waals surface area contributed by atoms with Gasteiger partial charge in [-0.1, -0.05) is 6.07 Å². The Morgan fingerprint density at radius 2 is 1.90 bits per heavy atom.